The van der Waals surface area contributed by atoms with Crippen molar-refractivity contribution in [2.24, 2.45) is 0 Å². The first-order chi connectivity index (χ1) is 5.31. The van der Waals surface area contributed by atoms with Gasteiger partial charge in [0.1, 0.15) is 5.94 Å². The van der Waals surface area contributed by atoms with Gasteiger partial charge in [0, 0.05) is 6.08 Å². The van der Waals surface area contributed by atoms with Gasteiger partial charge >= 0.3 is 5.97 Å². The summed E-state index contributed by atoms with van der Waals surface area (Å²) in [5.41, 5.74) is 0. The molecule has 11 heavy (non-hydrogen) atoms. The number of thioether (sulfide) groups is 1. The van der Waals surface area contributed by atoms with Crippen LogP contribution >= 0.6 is 11.8 Å². The zero-order valence-corrected chi connectivity index (χ0v) is 7.65. The third-order valence-electron chi connectivity index (χ3n) is 1.09. The monoisotopic (exact) mass is 174 g/mol. The summed E-state index contributed by atoms with van der Waals surface area (Å²) in [5, 5.41) is 0. The summed E-state index contributed by atoms with van der Waals surface area (Å²) in [6, 6.07) is 0. The molecule has 0 atom stereocenters. The van der Waals surface area contributed by atoms with Crippen molar-refractivity contribution in [3.05, 3.63) is 12.7 Å². The van der Waals surface area contributed by atoms with Gasteiger partial charge in [-0.1, -0.05) is 19.9 Å². The van der Waals surface area contributed by atoms with Gasteiger partial charge in [-0.3, -0.25) is 0 Å². The van der Waals surface area contributed by atoms with Crippen molar-refractivity contribution in [1.82, 2.24) is 0 Å². The Balaban J connectivity index is 3.01. The molecule has 0 rings (SSSR count). The van der Waals surface area contributed by atoms with Crippen molar-refractivity contribution in [2.75, 3.05) is 11.7 Å². The topological polar surface area (TPSA) is 26.3 Å². The molecule has 0 saturated carbocycles. The lowest BCUT2D eigenvalue weighted by molar-refractivity contribution is -0.135. The molecule has 0 fully saturated rings. The first-order valence-corrected chi connectivity index (χ1v) is 4.83. The molecule has 0 aliphatic heterocycles. The minimum absolute atomic E-state index is 0.339. The molecule has 0 aromatic heterocycles. The molecule has 3 heteroatoms. The molecule has 0 N–H and O–H groups in total. The fraction of sp³-hybridized carbons (Fsp3) is 0.625. The minimum atomic E-state index is -0.339. The van der Waals surface area contributed by atoms with Gasteiger partial charge in [0.25, 0.3) is 0 Å². The summed E-state index contributed by atoms with van der Waals surface area (Å²) in [6.45, 7) is 5.43. The molecule has 0 aromatic rings. The molecular formula is C8H14O2S. The van der Waals surface area contributed by atoms with Crippen LogP contribution in [0.3, 0.4) is 0 Å². The third kappa shape index (κ3) is 7.46. The average molecular weight is 174 g/mol. The van der Waals surface area contributed by atoms with Gasteiger partial charge in [0.2, 0.25) is 0 Å². The van der Waals surface area contributed by atoms with Gasteiger partial charge in [-0.2, -0.15) is 0 Å². The van der Waals surface area contributed by atoms with Crippen LogP contribution in [0, 0.1) is 0 Å². The van der Waals surface area contributed by atoms with Crippen LogP contribution in [0.4, 0.5) is 0 Å². The number of hydrogen-bond donors (Lipinski definition) is 0. The number of hydrogen-bond acceptors (Lipinski definition) is 3. The van der Waals surface area contributed by atoms with Gasteiger partial charge in [0.15, 0.2) is 0 Å². The molecule has 64 valence electrons. The summed E-state index contributed by atoms with van der Waals surface area (Å²) < 4.78 is 4.74. The first-order valence-electron chi connectivity index (χ1n) is 3.68. The van der Waals surface area contributed by atoms with Crippen molar-refractivity contribution in [2.45, 2.75) is 19.8 Å². The second-order valence-electron chi connectivity index (χ2n) is 2.05. The lowest BCUT2D eigenvalue weighted by Gasteiger charge is -1.99. The van der Waals surface area contributed by atoms with Crippen LogP contribution in [-0.4, -0.2) is 17.7 Å². The zero-order chi connectivity index (χ0) is 8.53. The van der Waals surface area contributed by atoms with Gasteiger partial charge in [-0.05, 0) is 12.2 Å². The van der Waals surface area contributed by atoms with E-state index < -0.39 is 0 Å². The van der Waals surface area contributed by atoms with Crippen LogP contribution in [0.15, 0.2) is 12.7 Å². The SMILES string of the molecule is C=CC(=O)OCSCCCC. The Morgan fingerprint density at radius 3 is 3.00 bits per heavy atom. The van der Waals surface area contributed by atoms with Crippen LogP contribution in [-0.2, 0) is 9.53 Å². The van der Waals surface area contributed by atoms with E-state index in [0.29, 0.717) is 5.94 Å². The minimum Gasteiger partial charge on any atom is -0.451 e. The Kier molecular flexibility index (Phi) is 7.36. The fourth-order valence-corrected chi connectivity index (χ4v) is 1.27. The molecule has 0 amide bonds. The van der Waals surface area contributed by atoms with Crippen molar-refractivity contribution in [3.63, 3.8) is 0 Å². The van der Waals surface area contributed by atoms with E-state index in [4.69, 9.17) is 4.74 Å². The Morgan fingerprint density at radius 1 is 1.73 bits per heavy atom. The van der Waals surface area contributed by atoms with E-state index in [-0.39, 0.29) is 5.97 Å². The highest BCUT2D eigenvalue weighted by atomic mass is 32.2. The van der Waals surface area contributed by atoms with E-state index in [0.717, 1.165) is 5.75 Å². The first kappa shape index (κ1) is 10.6. The maximum absolute atomic E-state index is 10.5. The molecule has 2 nitrogen and oxygen atoms in total. The summed E-state index contributed by atoms with van der Waals surface area (Å²) in [6.07, 6.45) is 3.54. The largest absolute Gasteiger partial charge is 0.451 e. The predicted molar refractivity (Wildman–Crippen MR) is 48.5 cm³/mol. The number of carbonyl (C=O) groups excluding carboxylic acids is 1. The second kappa shape index (κ2) is 7.66. The average Bonchev–Trinajstić information content (AvgIpc) is 2.04. The Bertz CT molecular complexity index is 123. The maximum atomic E-state index is 10.5. The molecule has 0 aromatic carbocycles. The summed E-state index contributed by atoms with van der Waals surface area (Å²) in [7, 11) is 0. The maximum Gasteiger partial charge on any atom is 0.330 e. The molecule has 0 heterocycles. The lowest BCUT2D eigenvalue weighted by atomic mass is 10.4. The van der Waals surface area contributed by atoms with Gasteiger partial charge in [0.05, 0.1) is 0 Å². The molecule has 0 aliphatic rings. The fourth-order valence-electron chi connectivity index (χ4n) is 0.464. The van der Waals surface area contributed by atoms with E-state index >= 15 is 0 Å². The van der Waals surface area contributed by atoms with Crippen molar-refractivity contribution < 1.29 is 9.53 Å². The Hall–Kier alpha value is -0.440. The van der Waals surface area contributed by atoms with Crippen LogP contribution in [0.2, 0.25) is 0 Å². The Labute approximate surface area is 72.0 Å². The number of esters is 1. The lowest BCUT2D eigenvalue weighted by Crippen LogP contribution is -1.99. The van der Waals surface area contributed by atoms with Crippen molar-refractivity contribution in [3.8, 4) is 0 Å². The predicted octanol–water partition coefficient (Wildman–Crippen LogP) is 2.21. The van der Waals surface area contributed by atoms with E-state index in [9.17, 15) is 4.79 Å². The van der Waals surface area contributed by atoms with Crippen LogP contribution in [0.1, 0.15) is 19.8 Å². The quantitative estimate of drug-likeness (QED) is 0.267. The van der Waals surface area contributed by atoms with Crippen LogP contribution < -0.4 is 0 Å². The van der Waals surface area contributed by atoms with Gasteiger partial charge < -0.3 is 4.74 Å². The summed E-state index contributed by atoms with van der Waals surface area (Å²) in [4.78, 5) is 10.5. The molecule has 0 radical (unpaired) electrons. The third-order valence-corrected chi connectivity index (χ3v) is 1.96. The smallest absolute Gasteiger partial charge is 0.330 e. The van der Waals surface area contributed by atoms with E-state index in [1.165, 1.54) is 18.9 Å². The number of carbonyl (C=O) groups is 1. The molecular weight excluding hydrogens is 160 g/mol. The van der Waals surface area contributed by atoms with Crippen molar-refractivity contribution in [1.29, 1.82) is 0 Å². The summed E-state index contributed by atoms with van der Waals surface area (Å²) >= 11 is 1.63. The normalized spacial score (nSPS) is 9.18. The second-order valence-corrected chi connectivity index (χ2v) is 3.10. The molecule has 0 bridgehead atoms. The van der Waals surface area contributed by atoms with E-state index in [1.54, 1.807) is 11.8 Å². The van der Waals surface area contributed by atoms with E-state index in [2.05, 4.69) is 13.5 Å². The molecule has 0 aliphatic carbocycles. The standard InChI is InChI=1S/C8H14O2S/c1-3-5-6-11-7-10-8(9)4-2/h4H,2-3,5-7H2,1H3. The molecule has 0 unspecified atom stereocenters. The van der Waals surface area contributed by atoms with Gasteiger partial charge in [-0.25, -0.2) is 4.79 Å². The van der Waals surface area contributed by atoms with Gasteiger partial charge in [-0.15, -0.1) is 11.8 Å². The summed E-state index contributed by atoms with van der Waals surface area (Å²) in [5.74, 6) is 1.17. The highest BCUT2D eigenvalue weighted by molar-refractivity contribution is 7.99. The highest BCUT2D eigenvalue weighted by Gasteiger charge is 1.93. The zero-order valence-electron chi connectivity index (χ0n) is 6.84. The van der Waals surface area contributed by atoms with Crippen LogP contribution in [0.5, 0.6) is 0 Å². The van der Waals surface area contributed by atoms with E-state index in [1.807, 2.05) is 0 Å². The number of rotatable bonds is 6. The van der Waals surface area contributed by atoms with Crippen LogP contribution in [0.25, 0.3) is 0 Å². The number of unbranched alkanes of at least 4 members (excludes halogenated alkanes) is 1. The Morgan fingerprint density at radius 2 is 2.45 bits per heavy atom. The molecule has 0 spiro atoms. The number of ether oxygens (including phenoxy) is 1. The van der Waals surface area contributed by atoms with Crippen molar-refractivity contribution >= 4 is 17.7 Å². The highest BCUT2D eigenvalue weighted by Crippen LogP contribution is 2.04. The molecule has 0 saturated heterocycles.